The first-order valence-corrected chi connectivity index (χ1v) is 6.93. The Morgan fingerprint density at radius 1 is 1.24 bits per heavy atom. The molecular weight excluding hydrogens is 234 g/mol. The van der Waals surface area contributed by atoms with E-state index in [0.717, 1.165) is 17.3 Å². The van der Waals surface area contributed by atoms with Crippen molar-refractivity contribution in [3.63, 3.8) is 0 Å². The highest BCUT2D eigenvalue weighted by atomic mass is 32.2. The lowest BCUT2D eigenvalue weighted by molar-refractivity contribution is 0.174. The molecule has 0 saturated carbocycles. The molecule has 1 fully saturated rings. The van der Waals surface area contributed by atoms with E-state index in [4.69, 9.17) is 9.47 Å². The molecule has 1 saturated heterocycles. The molecule has 2 atom stereocenters. The van der Waals surface area contributed by atoms with Crippen molar-refractivity contribution in [3.8, 4) is 11.5 Å². The highest BCUT2D eigenvalue weighted by molar-refractivity contribution is 8.01. The zero-order chi connectivity index (χ0) is 11.8. The molecule has 0 N–H and O–H groups in total. The van der Waals surface area contributed by atoms with Gasteiger partial charge in [-0.1, -0.05) is 0 Å². The number of hydrogen-bond acceptors (Lipinski definition) is 4. The lowest BCUT2D eigenvalue weighted by Gasteiger charge is -2.40. The van der Waals surface area contributed by atoms with Crippen LogP contribution in [0.25, 0.3) is 0 Å². The molecule has 2 aliphatic heterocycles. The van der Waals surface area contributed by atoms with Crippen molar-refractivity contribution in [1.29, 1.82) is 0 Å². The van der Waals surface area contributed by atoms with E-state index in [2.05, 4.69) is 36.6 Å². The van der Waals surface area contributed by atoms with E-state index >= 15 is 0 Å². The van der Waals surface area contributed by atoms with E-state index in [-0.39, 0.29) is 0 Å². The van der Waals surface area contributed by atoms with Crippen molar-refractivity contribution >= 4 is 17.4 Å². The zero-order valence-electron chi connectivity index (χ0n) is 10.1. The van der Waals surface area contributed by atoms with Gasteiger partial charge in [-0.05, 0) is 26.0 Å². The number of hydrogen-bond donors (Lipinski definition) is 0. The molecule has 0 bridgehead atoms. The SMILES string of the molecule is CC1[CH]SCC(C)N1c1ccc2c(c1)OCO2. The van der Waals surface area contributed by atoms with Gasteiger partial charge in [0.05, 0.1) is 0 Å². The quantitative estimate of drug-likeness (QED) is 0.764. The van der Waals surface area contributed by atoms with Crippen LogP contribution in [0.5, 0.6) is 11.5 Å². The Bertz CT molecular complexity index is 414. The van der Waals surface area contributed by atoms with Crippen LogP contribution in [-0.2, 0) is 0 Å². The molecule has 1 radical (unpaired) electrons. The van der Waals surface area contributed by atoms with Crippen LogP contribution in [0.2, 0.25) is 0 Å². The molecule has 0 spiro atoms. The van der Waals surface area contributed by atoms with Crippen molar-refractivity contribution in [3.05, 3.63) is 24.0 Å². The molecule has 0 aromatic heterocycles. The van der Waals surface area contributed by atoms with Crippen LogP contribution in [0.4, 0.5) is 5.69 Å². The van der Waals surface area contributed by atoms with Gasteiger partial charge in [0.2, 0.25) is 6.79 Å². The maximum Gasteiger partial charge on any atom is 0.231 e. The first-order valence-electron chi connectivity index (χ1n) is 5.88. The molecule has 1 aromatic carbocycles. The number of thioether (sulfide) groups is 1. The van der Waals surface area contributed by atoms with Crippen molar-refractivity contribution in [2.45, 2.75) is 25.9 Å². The fraction of sp³-hybridized carbons (Fsp3) is 0.462. The van der Waals surface area contributed by atoms with E-state index in [1.807, 2.05) is 17.8 Å². The predicted molar refractivity (Wildman–Crippen MR) is 70.7 cm³/mol. The third kappa shape index (κ3) is 1.95. The van der Waals surface area contributed by atoms with Crippen molar-refractivity contribution in [2.24, 2.45) is 0 Å². The molecular formula is C13H16NO2S. The zero-order valence-corrected chi connectivity index (χ0v) is 10.9. The lowest BCUT2D eigenvalue weighted by Crippen LogP contribution is -2.44. The van der Waals surface area contributed by atoms with E-state index < -0.39 is 0 Å². The minimum Gasteiger partial charge on any atom is -0.454 e. The monoisotopic (exact) mass is 250 g/mol. The van der Waals surface area contributed by atoms with Gasteiger partial charge in [0, 0.05) is 35.3 Å². The van der Waals surface area contributed by atoms with Gasteiger partial charge in [0.15, 0.2) is 11.5 Å². The van der Waals surface area contributed by atoms with Gasteiger partial charge in [0.25, 0.3) is 0 Å². The highest BCUT2D eigenvalue weighted by Crippen LogP contribution is 2.38. The Balaban J connectivity index is 1.92. The second-order valence-electron chi connectivity index (χ2n) is 4.50. The van der Waals surface area contributed by atoms with Gasteiger partial charge < -0.3 is 14.4 Å². The Morgan fingerprint density at radius 2 is 2.06 bits per heavy atom. The van der Waals surface area contributed by atoms with Gasteiger partial charge in [-0.3, -0.25) is 0 Å². The van der Waals surface area contributed by atoms with Crippen molar-refractivity contribution in [2.75, 3.05) is 17.4 Å². The van der Waals surface area contributed by atoms with E-state index in [9.17, 15) is 0 Å². The summed E-state index contributed by atoms with van der Waals surface area (Å²) in [5.74, 6) is 5.15. The smallest absolute Gasteiger partial charge is 0.231 e. The molecule has 91 valence electrons. The molecule has 4 heteroatoms. The third-order valence-corrected chi connectivity index (χ3v) is 4.46. The summed E-state index contributed by atoms with van der Waals surface area (Å²) < 4.78 is 10.8. The molecule has 0 aliphatic carbocycles. The first-order chi connectivity index (χ1) is 8.25. The normalized spacial score (nSPS) is 27.3. The van der Waals surface area contributed by atoms with Crippen LogP contribution in [-0.4, -0.2) is 24.6 Å². The van der Waals surface area contributed by atoms with E-state index in [1.54, 1.807) is 0 Å². The molecule has 2 aliphatic rings. The van der Waals surface area contributed by atoms with Crippen molar-refractivity contribution < 1.29 is 9.47 Å². The number of fused-ring (bicyclic) bond motifs is 1. The van der Waals surface area contributed by atoms with Crippen LogP contribution < -0.4 is 14.4 Å². The molecule has 3 rings (SSSR count). The second kappa shape index (κ2) is 4.33. The molecule has 0 amide bonds. The summed E-state index contributed by atoms with van der Waals surface area (Å²) in [5, 5.41) is 0. The molecule has 1 aromatic rings. The summed E-state index contributed by atoms with van der Waals surface area (Å²) in [5.41, 5.74) is 1.21. The number of rotatable bonds is 1. The van der Waals surface area contributed by atoms with Crippen LogP contribution in [0.1, 0.15) is 13.8 Å². The summed E-state index contributed by atoms with van der Waals surface area (Å²) >= 11 is 1.91. The maximum atomic E-state index is 5.44. The molecule has 2 heterocycles. The van der Waals surface area contributed by atoms with Crippen LogP contribution in [0.15, 0.2) is 18.2 Å². The number of benzene rings is 1. The van der Waals surface area contributed by atoms with Crippen LogP contribution in [0.3, 0.4) is 0 Å². The minimum absolute atomic E-state index is 0.339. The van der Waals surface area contributed by atoms with Gasteiger partial charge in [-0.25, -0.2) is 0 Å². The standard InChI is InChI=1S/C13H16NO2S/c1-9-6-17-7-10(2)14(9)11-3-4-12-13(5-11)16-8-15-12/h3-6,9-10H,7-8H2,1-2H3. The maximum absolute atomic E-state index is 5.44. The molecule has 3 nitrogen and oxygen atoms in total. The summed E-state index contributed by atoms with van der Waals surface area (Å²) in [6.45, 7) is 4.83. The minimum atomic E-state index is 0.339. The fourth-order valence-electron chi connectivity index (χ4n) is 2.42. The molecule has 2 unspecified atom stereocenters. The fourth-order valence-corrected chi connectivity index (χ4v) is 3.38. The average molecular weight is 250 g/mol. The number of ether oxygens (including phenoxy) is 2. The Hall–Kier alpha value is -1.03. The van der Waals surface area contributed by atoms with Crippen molar-refractivity contribution in [1.82, 2.24) is 0 Å². The summed E-state index contributed by atoms with van der Waals surface area (Å²) in [6.07, 6.45) is 0. The highest BCUT2D eigenvalue weighted by Gasteiger charge is 2.27. The predicted octanol–water partition coefficient (Wildman–Crippen LogP) is 2.91. The topological polar surface area (TPSA) is 21.7 Å². The summed E-state index contributed by atoms with van der Waals surface area (Å²) in [6, 6.07) is 7.19. The summed E-state index contributed by atoms with van der Waals surface area (Å²) in [4.78, 5) is 2.43. The number of nitrogens with zero attached hydrogens (tertiary/aromatic N) is 1. The van der Waals surface area contributed by atoms with Gasteiger partial charge >= 0.3 is 0 Å². The lowest BCUT2D eigenvalue weighted by atomic mass is 10.1. The van der Waals surface area contributed by atoms with Crippen LogP contribution in [0, 0.1) is 5.75 Å². The van der Waals surface area contributed by atoms with E-state index in [0.29, 0.717) is 18.9 Å². The second-order valence-corrected chi connectivity index (χ2v) is 5.44. The Kier molecular flexibility index (Phi) is 2.82. The molecule has 17 heavy (non-hydrogen) atoms. The van der Waals surface area contributed by atoms with Crippen LogP contribution >= 0.6 is 11.8 Å². The Morgan fingerprint density at radius 3 is 2.88 bits per heavy atom. The first kappa shape index (κ1) is 11.1. The van der Waals surface area contributed by atoms with Gasteiger partial charge in [0.1, 0.15) is 0 Å². The average Bonchev–Trinajstić information content (AvgIpc) is 2.76. The summed E-state index contributed by atoms with van der Waals surface area (Å²) in [7, 11) is 0. The van der Waals surface area contributed by atoms with Gasteiger partial charge in [-0.15, -0.1) is 0 Å². The Labute approximate surface area is 106 Å². The van der Waals surface area contributed by atoms with E-state index in [1.165, 1.54) is 5.69 Å². The third-order valence-electron chi connectivity index (χ3n) is 3.20. The van der Waals surface area contributed by atoms with Gasteiger partial charge in [-0.2, -0.15) is 11.8 Å². The number of anilines is 1. The largest absolute Gasteiger partial charge is 0.454 e.